The zero-order chi connectivity index (χ0) is 12.0. The Hall–Kier alpha value is -1.32. The van der Waals surface area contributed by atoms with E-state index in [9.17, 15) is 0 Å². The predicted octanol–water partition coefficient (Wildman–Crippen LogP) is 2.32. The van der Waals surface area contributed by atoms with Crippen molar-refractivity contribution in [1.82, 2.24) is 9.97 Å². The smallest absolute Gasteiger partial charge is 0.136 e. The lowest BCUT2D eigenvalue weighted by Gasteiger charge is -2.18. The van der Waals surface area contributed by atoms with Crippen molar-refractivity contribution in [2.24, 2.45) is 0 Å². The first-order valence-electron chi connectivity index (χ1n) is 5.95. The Morgan fingerprint density at radius 2 is 1.94 bits per heavy atom. The molecule has 0 aliphatic carbocycles. The number of nitrogens with one attached hydrogen (secondary N) is 1. The highest BCUT2D eigenvalue weighted by Gasteiger charge is 2.11. The van der Waals surface area contributed by atoms with Crippen LogP contribution in [-0.2, 0) is 6.42 Å². The topological polar surface area (TPSA) is 41.1 Å². The van der Waals surface area contributed by atoms with Crippen LogP contribution in [0.5, 0.6) is 0 Å². The normalized spacial score (nSPS) is 10.2. The number of rotatable bonds is 6. The van der Waals surface area contributed by atoms with Crippen LogP contribution in [0.3, 0.4) is 0 Å². The second-order valence-electron chi connectivity index (χ2n) is 4.10. The number of hydrogen-bond acceptors (Lipinski definition) is 4. The summed E-state index contributed by atoms with van der Waals surface area (Å²) in [5.41, 5.74) is 1.23. The van der Waals surface area contributed by atoms with Gasteiger partial charge < -0.3 is 10.2 Å². The average molecular weight is 222 g/mol. The van der Waals surface area contributed by atoms with Gasteiger partial charge in [0.15, 0.2) is 0 Å². The minimum atomic E-state index is 0.959. The molecule has 1 heterocycles. The van der Waals surface area contributed by atoms with E-state index in [-0.39, 0.29) is 0 Å². The van der Waals surface area contributed by atoms with Gasteiger partial charge in [-0.3, -0.25) is 0 Å². The zero-order valence-electron chi connectivity index (χ0n) is 10.7. The van der Waals surface area contributed by atoms with Crippen LogP contribution < -0.4 is 10.2 Å². The largest absolute Gasteiger partial charge is 0.370 e. The maximum absolute atomic E-state index is 4.34. The van der Waals surface area contributed by atoms with Gasteiger partial charge in [0.2, 0.25) is 0 Å². The number of nitrogens with zero attached hydrogens (tertiary/aromatic N) is 3. The molecule has 0 amide bonds. The first-order valence-corrected chi connectivity index (χ1v) is 5.95. The van der Waals surface area contributed by atoms with E-state index in [1.165, 1.54) is 5.56 Å². The summed E-state index contributed by atoms with van der Waals surface area (Å²) < 4.78 is 0. The molecule has 0 spiro atoms. The predicted molar refractivity (Wildman–Crippen MR) is 69.1 cm³/mol. The van der Waals surface area contributed by atoms with Crippen LogP contribution >= 0.6 is 0 Å². The molecular weight excluding hydrogens is 200 g/mol. The fourth-order valence-corrected chi connectivity index (χ4v) is 1.66. The lowest BCUT2D eigenvalue weighted by Crippen LogP contribution is -2.16. The number of anilines is 2. The van der Waals surface area contributed by atoms with Crippen molar-refractivity contribution in [3.63, 3.8) is 0 Å². The Balaban J connectivity index is 3.00. The van der Waals surface area contributed by atoms with Gasteiger partial charge in [0.1, 0.15) is 18.0 Å². The van der Waals surface area contributed by atoms with Crippen molar-refractivity contribution in [2.75, 3.05) is 30.9 Å². The molecule has 0 radical (unpaired) electrons. The molecule has 0 unspecified atom stereocenters. The van der Waals surface area contributed by atoms with Crippen LogP contribution in [0.1, 0.15) is 32.3 Å². The average Bonchev–Trinajstić information content (AvgIpc) is 2.27. The maximum atomic E-state index is 4.34. The second kappa shape index (κ2) is 6.30. The number of hydrogen-bond donors (Lipinski definition) is 1. The van der Waals surface area contributed by atoms with Gasteiger partial charge in [-0.15, -0.1) is 0 Å². The van der Waals surface area contributed by atoms with Crippen LogP contribution in [0.2, 0.25) is 0 Å². The quantitative estimate of drug-likeness (QED) is 0.802. The molecule has 1 aromatic heterocycles. The van der Waals surface area contributed by atoms with E-state index in [0.29, 0.717) is 0 Å². The number of aromatic nitrogens is 2. The Kier molecular flexibility index (Phi) is 5.02. The summed E-state index contributed by atoms with van der Waals surface area (Å²) >= 11 is 0. The molecule has 0 fully saturated rings. The van der Waals surface area contributed by atoms with Gasteiger partial charge in [0.05, 0.1) is 0 Å². The van der Waals surface area contributed by atoms with Crippen molar-refractivity contribution >= 4 is 11.6 Å². The molecular formula is C12H22N4. The molecule has 0 aromatic carbocycles. The highest BCUT2D eigenvalue weighted by molar-refractivity contribution is 5.58. The first kappa shape index (κ1) is 12.7. The summed E-state index contributed by atoms with van der Waals surface area (Å²) in [5.74, 6) is 2.01. The van der Waals surface area contributed by atoms with Crippen LogP contribution in [-0.4, -0.2) is 30.6 Å². The van der Waals surface area contributed by atoms with Gasteiger partial charge in [-0.05, 0) is 12.8 Å². The second-order valence-corrected chi connectivity index (χ2v) is 4.10. The molecule has 0 saturated heterocycles. The van der Waals surface area contributed by atoms with Crippen molar-refractivity contribution < 1.29 is 0 Å². The van der Waals surface area contributed by atoms with E-state index in [2.05, 4.69) is 29.1 Å². The van der Waals surface area contributed by atoms with Crippen LogP contribution in [0.15, 0.2) is 6.33 Å². The minimum absolute atomic E-state index is 0.959. The highest BCUT2D eigenvalue weighted by atomic mass is 15.2. The van der Waals surface area contributed by atoms with Gasteiger partial charge in [0, 0.05) is 26.2 Å². The highest BCUT2D eigenvalue weighted by Crippen LogP contribution is 2.23. The summed E-state index contributed by atoms with van der Waals surface area (Å²) in [6, 6.07) is 0. The molecule has 1 aromatic rings. The molecule has 0 atom stereocenters. The molecule has 16 heavy (non-hydrogen) atoms. The Bertz CT molecular complexity index is 323. The third kappa shape index (κ3) is 3.08. The van der Waals surface area contributed by atoms with Crippen LogP contribution in [0.4, 0.5) is 11.6 Å². The van der Waals surface area contributed by atoms with E-state index in [0.717, 1.165) is 37.4 Å². The standard InChI is InChI=1S/C12H22N4/c1-5-7-10-11(13-8-6-2)14-9-15-12(10)16(3)4/h9H,5-8H2,1-4H3,(H,13,14,15). The fraction of sp³-hybridized carbons (Fsp3) is 0.667. The lowest BCUT2D eigenvalue weighted by molar-refractivity contribution is 0.875. The first-order chi connectivity index (χ1) is 7.70. The van der Waals surface area contributed by atoms with Gasteiger partial charge >= 0.3 is 0 Å². The molecule has 1 N–H and O–H groups in total. The van der Waals surface area contributed by atoms with Crippen molar-refractivity contribution in [1.29, 1.82) is 0 Å². The van der Waals surface area contributed by atoms with Crippen LogP contribution in [0.25, 0.3) is 0 Å². The summed E-state index contributed by atoms with van der Waals surface area (Å²) in [6.07, 6.45) is 4.86. The van der Waals surface area contributed by atoms with Gasteiger partial charge in [0.25, 0.3) is 0 Å². The summed E-state index contributed by atoms with van der Waals surface area (Å²) in [4.78, 5) is 10.7. The Morgan fingerprint density at radius 1 is 1.19 bits per heavy atom. The molecule has 0 saturated carbocycles. The lowest BCUT2D eigenvalue weighted by atomic mass is 10.1. The van der Waals surface area contributed by atoms with Crippen molar-refractivity contribution in [3.8, 4) is 0 Å². The molecule has 4 heteroatoms. The third-order valence-electron chi connectivity index (χ3n) is 2.39. The van der Waals surface area contributed by atoms with Crippen molar-refractivity contribution in [2.45, 2.75) is 33.1 Å². The SMILES string of the molecule is CCCNc1ncnc(N(C)C)c1CCC. The molecule has 4 nitrogen and oxygen atoms in total. The van der Waals surface area contributed by atoms with E-state index >= 15 is 0 Å². The fourth-order valence-electron chi connectivity index (χ4n) is 1.66. The summed E-state index contributed by atoms with van der Waals surface area (Å²) in [6.45, 7) is 5.29. The van der Waals surface area contributed by atoms with E-state index < -0.39 is 0 Å². The third-order valence-corrected chi connectivity index (χ3v) is 2.39. The zero-order valence-corrected chi connectivity index (χ0v) is 10.7. The van der Waals surface area contributed by atoms with E-state index in [4.69, 9.17) is 0 Å². The van der Waals surface area contributed by atoms with Gasteiger partial charge in [-0.2, -0.15) is 0 Å². The van der Waals surface area contributed by atoms with E-state index in [1.54, 1.807) is 6.33 Å². The summed E-state index contributed by atoms with van der Waals surface area (Å²) in [5, 5.41) is 3.37. The van der Waals surface area contributed by atoms with Gasteiger partial charge in [-0.25, -0.2) is 9.97 Å². The molecule has 90 valence electrons. The summed E-state index contributed by atoms with van der Waals surface area (Å²) in [7, 11) is 4.04. The van der Waals surface area contributed by atoms with Gasteiger partial charge in [-0.1, -0.05) is 20.3 Å². The van der Waals surface area contributed by atoms with E-state index in [1.807, 2.05) is 19.0 Å². The Labute approximate surface area is 98.1 Å². The Morgan fingerprint density at radius 3 is 2.50 bits per heavy atom. The van der Waals surface area contributed by atoms with Crippen LogP contribution in [0, 0.1) is 0 Å². The minimum Gasteiger partial charge on any atom is -0.370 e. The molecule has 0 aliphatic rings. The molecule has 0 bridgehead atoms. The maximum Gasteiger partial charge on any atom is 0.136 e. The van der Waals surface area contributed by atoms with Crippen molar-refractivity contribution in [3.05, 3.63) is 11.9 Å². The molecule has 0 aliphatic heterocycles. The molecule has 1 rings (SSSR count). The monoisotopic (exact) mass is 222 g/mol.